The zero-order valence-corrected chi connectivity index (χ0v) is 43.6. The average Bonchev–Trinajstić information content (AvgIpc) is 3.15. The van der Waals surface area contributed by atoms with E-state index < -0.39 is 42.5 Å². The second-order valence-electron chi connectivity index (χ2n) is 20.9. The van der Waals surface area contributed by atoms with Crippen LogP contribution in [0.4, 0.5) is 0 Å². The number of aliphatic hydroxyl groups excluding tert-OH is 1. The third-order valence-electron chi connectivity index (χ3n) is 12.6. The van der Waals surface area contributed by atoms with E-state index >= 15 is 0 Å². The second kappa shape index (κ2) is 23.5. The van der Waals surface area contributed by atoms with E-state index in [1.165, 1.54) is 0 Å². The Kier molecular flexibility index (Phi) is 21.2. The molecule has 1 unspecified atom stereocenters. The lowest BCUT2D eigenvalue weighted by Gasteiger charge is -2.48. The predicted octanol–water partition coefficient (Wildman–Crippen LogP) is 13.0. The molecule has 10 heteroatoms. The lowest BCUT2D eigenvalue weighted by Crippen LogP contribution is -2.56. The Hall–Kier alpha value is -1.95. The summed E-state index contributed by atoms with van der Waals surface area (Å²) >= 11 is 0. The van der Waals surface area contributed by atoms with Crippen LogP contribution >= 0.6 is 0 Å². The van der Waals surface area contributed by atoms with Crippen LogP contribution in [0.25, 0.3) is 0 Å². The van der Waals surface area contributed by atoms with Crippen molar-refractivity contribution in [2.24, 2.45) is 5.92 Å². The summed E-state index contributed by atoms with van der Waals surface area (Å²) in [5.74, 6) is 5.57. The van der Waals surface area contributed by atoms with Crippen LogP contribution in [-0.2, 0) is 31.5 Å². The predicted molar refractivity (Wildman–Crippen MR) is 256 cm³/mol. The topological polar surface area (TPSA) is 75.6 Å². The fourth-order valence-corrected chi connectivity index (χ4v) is 9.75. The summed E-state index contributed by atoms with van der Waals surface area (Å²) in [5, 5.41) is 12.0. The van der Waals surface area contributed by atoms with Gasteiger partial charge in [-0.25, -0.2) is 0 Å². The molecule has 0 aliphatic rings. The first kappa shape index (κ1) is 53.2. The van der Waals surface area contributed by atoms with Gasteiger partial charge in [-0.1, -0.05) is 118 Å². The maximum Gasteiger partial charge on any atom is 0.193 e. The molecule has 2 aromatic carbocycles. The Bertz CT molecular complexity index is 1550. The lowest BCUT2D eigenvalue weighted by molar-refractivity contribution is -0.0936. The Morgan fingerprint density at radius 1 is 0.661 bits per heavy atom. The molecule has 0 aromatic heterocycles. The van der Waals surface area contributed by atoms with Gasteiger partial charge in [0.15, 0.2) is 16.6 Å². The van der Waals surface area contributed by atoms with Crippen molar-refractivity contribution in [1.82, 2.24) is 0 Å². The van der Waals surface area contributed by atoms with E-state index in [4.69, 9.17) is 27.8 Å². The van der Waals surface area contributed by atoms with Gasteiger partial charge in [0.05, 0.1) is 45.2 Å². The first-order chi connectivity index (χ1) is 27.3. The number of rotatable bonds is 25. The van der Waals surface area contributed by atoms with Crippen molar-refractivity contribution in [3.8, 4) is 23.0 Å². The summed E-state index contributed by atoms with van der Waals surface area (Å²) in [6, 6.07) is 16.2. The van der Waals surface area contributed by atoms with E-state index in [0.717, 1.165) is 54.7 Å². The summed E-state index contributed by atoms with van der Waals surface area (Å²) in [6.45, 7) is 35.9. The van der Waals surface area contributed by atoms with Crippen molar-refractivity contribution >= 4 is 24.7 Å². The van der Waals surface area contributed by atoms with E-state index in [0.29, 0.717) is 39.1 Å². The lowest BCUT2D eigenvalue weighted by atomic mass is 9.84. The molecule has 7 nitrogen and oxygen atoms in total. The van der Waals surface area contributed by atoms with Gasteiger partial charge in [0, 0.05) is 6.61 Å². The van der Waals surface area contributed by atoms with Crippen molar-refractivity contribution in [2.75, 3.05) is 20.8 Å². The third kappa shape index (κ3) is 18.1. The molecule has 0 spiro atoms. The zero-order chi connectivity index (χ0) is 44.7. The summed E-state index contributed by atoms with van der Waals surface area (Å²) in [4.78, 5) is 0. The summed E-state index contributed by atoms with van der Waals surface area (Å²) in [7, 11) is -2.62. The zero-order valence-electron chi connectivity index (χ0n) is 40.6. The van der Waals surface area contributed by atoms with Gasteiger partial charge in [-0.05, 0) is 116 Å². The fourth-order valence-electron chi connectivity index (χ4n) is 6.49. The Balaban J connectivity index is 2.40. The van der Waals surface area contributed by atoms with E-state index in [9.17, 15) is 5.11 Å². The summed E-state index contributed by atoms with van der Waals surface area (Å²) < 4.78 is 38.6. The number of methoxy groups -OCH3 is 2. The summed E-state index contributed by atoms with van der Waals surface area (Å²) in [6.07, 6.45) is 5.49. The molecule has 0 aliphatic carbocycles. The molecule has 0 saturated carbocycles. The van der Waals surface area contributed by atoms with Crippen LogP contribution in [0.15, 0.2) is 48.5 Å². The molecule has 5 atom stereocenters. The number of aliphatic hydroxyl groups is 1. The van der Waals surface area contributed by atoms with Gasteiger partial charge in [0.25, 0.3) is 0 Å². The van der Waals surface area contributed by atoms with Gasteiger partial charge in [0.1, 0.15) is 25.7 Å². The highest BCUT2D eigenvalue weighted by Gasteiger charge is 2.49. The number of unbranched alkanes of at least 4 members (excludes halogenated alkanes) is 1. The maximum atomic E-state index is 11.9. The molecule has 0 bridgehead atoms. The highest BCUT2D eigenvalue weighted by Crippen LogP contribution is 2.44. The third-order valence-corrected chi connectivity index (χ3v) is 22.6. The van der Waals surface area contributed by atoms with Gasteiger partial charge in [-0.3, -0.25) is 0 Å². The SMILES string of the molecule is CCCC[C@](CCC(O)CC[C@H](C)[C@@H](CCO[Si](C)(C)C(C)(C)C)OCc1ccc(OC)cc1)(O[Si](C)(C)C(C)(C)C)[C@H](C#C[Si](C)(C)C)OCc1ccc(OC)cc1. The first-order valence-corrected chi connectivity index (χ1v) is 31.6. The Morgan fingerprint density at radius 3 is 1.63 bits per heavy atom. The number of benzene rings is 2. The van der Waals surface area contributed by atoms with E-state index in [1.807, 2.05) is 24.3 Å². The molecule has 2 aromatic rings. The van der Waals surface area contributed by atoms with Crippen molar-refractivity contribution in [3.05, 3.63) is 59.7 Å². The minimum Gasteiger partial charge on any atom is -0.497 e. The molecule has 0 heterocycles. The Morgan fingerprint density at radius 2 is 1.17 bits per heavy atom. The van der Waals surface area contributed by atoms with Gasteiger partial charge < -0.3 is 32.9 Å². The molecule has 0 aliphatic heterocycles. The van der Waals surface area contributed by atoms with E-state index in [1.54, 1.807) is 14.2 Å². The normalized spacial score (nSPS) is 16.0. The molecule has 1 N–H and O–H groups in total. The van der Waals surface area contributed by atoms with E-state index in [-0.39, 0.29) is 22.1 Å². The van der Waals surface area contributed by atoms with E-state index in [2.05, 4.69) is 137 Å². The van der Waals surface area contributed by atoms with Crippen molar-refractivity contribution < 1.29 is 32.9 Å². The van der Waals surface area contributed by atoms with Crippen LogP contribution in [0.5, 0.6) is 11.5 Å². The second-order valence-corrected chi connectivity index (χ2v) is 35.2. The van der Waals surface area contributed by atoms with Crippen molar-refractivity contribution in [3.63, 3.8) is 0 Å². The van der Waals surface area contributed by atoms with Gasteiger partial charge >= 0.3 is 0 Å². The number of hydrogen-bond acceptors (Lipinski definition) is 7. The fraction of sp³-hybridized carbons (Fsp3) is 0.714. The average molecular weight is 871 g/mol. The van der Waals surface area contributed by atoms with Gasteiger partial charge in [0.2, 0.25) is 0 Å². The van der Waals surface area contributed by atoms with Crippen LogP contribution in [0.3, 0.4) is 0 Å². The molecule has 0 radical (unpaired) electrons. The molecule has 2 rings (SSSR count). The Labute approximate surface area is 365 Å². The van der Waals surface area contributed by atoms with Crippen LogP contribution in [0.1, 0.15) is 118 Å². The van der Waals surface area contributed by atoms with Gasteiger partial charge in [-0.2, -0.15) is 0 Å². The largest absolute Gasteiger partial charge is 0.497 e. The molecule has 336 valence electrons. The van der Waals surface area contributed by atoms with Crippen molar-refractivity contribution in [2.45, 2.75) is 200 Å². The quantitative estimate of drug-likeness (QED) is 0.0787. The minimum absolute atomic E-state index is 0.00722. The maximum absolute atomic E-state index is 11.9. The minimum atomic E-state index is -2.32. The van der Waals surface area contributed by atoms with Crippen LogP contribution in [0.2, 0.25) is 55.9 Å². The molecule has 0 amide bonds. The summed E-state index contributed by atoms with van der Waals surface area (Å²) in [5.41, 5.74) is 5.18. The first-order valence-electron chi connectivity index (χ1n) is 22.3. The standard InChI is InChI=1S/C49H86O7Si3/c1-18-19-33-49(56-59(16,17)48(6,7)8,46(32-36-57(11,12)13)54-38-41-23-28-44(52-10)29-24-41)34-30-42(50)25-20-39(2)45(31-35-55-58(14,15)47(3,4)5)53-37-40-21-26-43(51-9)27-22-40/h21-24,26-29,39,42,45-46,50H,18-20,25,30-31,33-35,37-38H2,1-17H3/t39-,42?,45+,46-,49+/m0/s1. The molecular weight excluding hydrogens is 785 g/mol. The molecule has 0 fully saturated rings. The van der Waals surface area contributed by atoms with Crippen molar-refractivity contribution in [1.29, 1.82) is 0 Å². The van der Waals surface area contributed by atoms with Crippen LogP contribution in [-0.4, -0.2) is 74.6 Å². The number of ether oxygens (including phenoxy) is 4. The highest BCUT2D eigenvalue weighted by molar-refractivity contribution is 6.83. The van der Waals surface area contributed by atoms with Crippen LogP contribution in [0, 0.1) is 17.4 Å². The van der Waals surface area contributed by atoms with Gasteiger partial charge in [-0.15, -0.1) is 5.54 Å². The monoisotopic (exact) mass is 871 g/mol. The molecule has 0 saturated heterocycles. The molecular formula is C49H86O7Si3. The smallest absolute Gasteiger partial charge is 0.193 e. The number of hydrogen-bond donors (Lipinski definition) is 1. The highest BCUT2D eigenvalue weighted by atomic mass is 28.4. The molecule has 59 heavy (non-hydrogen) atoms. The van der Waals surface area contributed by atoms with Crippen LogP contribution < -0.4 is 9.47 Å².